The van der Waals surface area contributed by atoms with E-state index in [0.717, 1.165) is 0 Å². The lowest BCUT2D eigenvalue weighted by atomic mass is 9.78. The number of nitrogens with one attached hydrogen (secondary N) is 1. The second kappa shape index (κ2) is 8.23. The Balaban J connectivity index is 1.66. The zero-order valence-electron chi connectivity index (χ0n) is 16.4. The van der Waals surface area contributed by atoms with Gasteiger partial charge in [0.1, 0.15) is 11.4 Å². The summed E-state index contributed by atoms with van der Waals surface area (Å²) in [6, 6.07) is 6.78. The van der Waals surface area contributed by atoms with Gasteiger partial charge in [0.25, 0.3) is 5.91 Å². The van der Waals surface area contributed by atoms with Crippen molar-refractivity contribution in [2.24, 2.45) is 17.6 Å². The first-order chi connectivity index (χ1) is 14.9. The van der Waals surface area contributed by atoms with Gasteiger partial charge >= 0.3 is 6.09 Å². The minimum absolute atomic E-state index is 0.0773. The van der Waals surface area contributed by atoms with E-state index in [2.05, 4.69) is 16.5 Å². The molecule has 2 saturated heterocycles. The highest BCUT2D eigenvalue weighted by Crippen LogP contribution is 2.39. The average Bonchev–Trinajstić information content (AvgIpc) is 3.11. The van der Waals surface area contributed by atoms with E-state index in [1.165, 1.54) is 40.0 Å². The van der Waals surface area contributed by atoms with E-state index in [4.69, 9.17) is 10.5 Å². The lowest BCUT2D eigenvalue weighted by Crippen LogP contribution is -2.58. The molecule has 4 rings (SSSR count). The summed E-state index contributed by atoms with van der Waals surface area (Å²) in [6.07, 6.45) is 0.742. The topological polar surface area (TPSA) is 146 Å². The van der Waals surface area contributed by atoms with Gasteiger partial charge in [0.15, 0.2) is 5.82 Å². The molecule has 3 atom stereocenters. The SMILES string of the molecule is N#C[C@H]1C(C2COC2)N(C(=O)O)CC[C@@H]1n1cc(C(N)=O)c(Nc2ccc(F)cc2)n1. The number of anilines is 2. The third-order valence-electron chi connectivity index (χ3n) is 5.79. The molecule has 10 nitrogen and oxygen atoms in total. The van der Waals surface area contributed by atoms with Gasteiger partial charge in [-0.15, -0.1) is 0 Å². The molecule has 0 aliphatic carbocycles. The van der Waals surface area contributed by atoms with Crippen LogP contribution in [0.4, 0.5) is 20.7 Å². The molecule has 11 heteroatoms. The second-order valence-corrected chi connectivity index (χ2v) is 7.64. The van der Waals surface area contributed by atoms with E-state index >= 15 is 0 Å². The van der Waals surface area contributed by atoms with Crippen LogP contribution in [0.1, 0.15) is 22.8 Å². The van der Waals surface area contributed by atoms with Crippen molar-refractivity contribution in [3.8, 4) is 6.07 Å². The summed E-state index contributed by atoms with van der Waals surface area (Å²) in [7, 11) is 0. The average molecular weight is 428 g/mol. The van der Waals surface area contributed by atoms with Gasteiger partial charge in [-0.1, -0.05) is 0 Å². The van der Waals surface area contributed by atoms with Gasteiger partial charge in [-0.2, -0.15) is 10.4 Å². The van der Waals surface area contributed by atoms with Crippen molar-refractivity contribution >= 4 is 23.5 Å². The maximum atomic E-state index is 13.2. The third kappa shape index (κ3) is 3.89. The van der Waals surface area contributed by atoms with Crippen molar-refractivity contribution < 1.29 is 23.8 Å². The molecule has 0 saturated carbocycles. The molecule has 2 amide bonds. The number of carbonyl (C=O) groups is 2. The van der Waals surface area contributed by atoms with Crippen LogP contribution in [-0.2, 0) is 4.74 Å². The molecule has 1 aromatic heterocycles. The highest BCUT2D eigenvalue weighted by Gasteiger charge is 2.47. The fourth-order valence-electron chi connectivity index (χ4n) is 4.21. The number of piperidine rings is 1. The summed E-state index contributed by atoms with van der Waals surface area (Å²) >= 11 is 0. The smallest absolute Gasteiger partial charge is 0.407 e. The van der Waals surface area contributed by atoms with Crippen LogP contribution in [0.25, 0.3) is 0 Å². The molecule has 4 N–H and O–H groups in total. The van der Waals surface area contributed by atoms with Crippen molar-refractivity contribution in [2.45, 2.75) is 18.5 Å². The second-order valence-electron chi connectivity index (χ2n) is 7.64. The number of hydrogen-bond acceptors (Lipinski definition) is 6. The van der Waals surface area contributed by atoms with Crippen molar-refractivity contribution in [2.75, 3.05) is 25.1 Å². The fraction of sp³-hybridized carbons (Fsp3) is 0.400. The Morgan fingerprint density at radius 1 is 1.32 bits per heavy atom. The molecule has 3 heterocycles. The van der Waals surface area contributed by atoms with Gasteiger partial charge in [-0.05, 0) is 30.7 Å². The van der Waals surface area contributed by atoms with Crippen LogP contribution in [0.3, 0.4) is 0 Å². The third-order valence-corrected chi connectivity index (χ3v) is 5.79. The number of nitrogens with two attached hydrogens (primary N) is 1. The number of primary amides is 1. The van der Waals surface area contributed by atoms with E-state index < -0.39 is 35.8 Å². The molecule has 31 heavy (non-hydrogen) atoms. The first-order valence-corrected chi connectivity index (χ1v) is 9.77. The Bertz CT molecular complexity index is 1030. The standard InChI is InChI=1S/C20H21FN6O4/c21-12-1-3-13(4-2-12)24-19-15(18(23)28)8-27(25-19)16-5-6-26(20(29)30)17(14(16)7-22)11-9-31-10-11/h1-4,8,11,14,16-17H,5-6,9-10H2,(H2,23,28)(H,24,25)(H,29,30)/t14-,16+,17?/m1/s1. The lowest BCUT2D eigenvalue weighted by Gasteiger charge is -2.47. The number of nitrogens with zero attached hydrogens (tertiary/aromatic N) is 4. The number of ether oxygens (including phenoxy) is 1. The van der Waals surface area contributed by atoms with Gasteiger partial charge in [-0.3, -0.25) is 9.48 Å². The lowest BCUT2D eigenvalue weighted by molar-refractivity contribution is -0.0923. The Hall–Kier alpha value is -3.65. The number of rotatable bonds is 5. The Morgan fingerprint density at radius 3 is 2.58 bits per heavy atom. The van der Waals surface area contributed by atoms with Crippen LogP contribution in [0.5, 0.6) is 0 Å². The number of hydrogen-bond donors (Lipinski definition) is 3. The summed E-state index contributed by atoms with van der Waals surface area (Å²) in [5.41, 5.74) is 6.14. The number of carboxylic acid groups (broad SMARTS) is 1. The number of amides is 2. The Kier molecular flexibility index (Phi) is 5.48. The number of halogens is 1. The highest BCUT2D eigenvalue weighted by atomic mass is 19.1. The van der Waals surface area contributed by atoms with Crippen molar-refractivity contribution in [1.29, 1.82) is 5.26 Å². The summed E-state index contributed by atoms with van der Waals surface area (Å²) in [4.78, 5) is 25.0. The van der Waals surface area contributed by atoms with E-state index in [-0.39, 0.29) is 23.8 Å². The number of carbonyl (C=O) groups excluding carboxylic acids is 1. The Morgan fingerprint density at radius 2 is 2.03 bits per heavy atom. The van der Waals surface area contributed by atoms with Gasteiger partial charge in [0, 0.05) is 24.3 Å². The molecule has 1 aromatic carbocycles. The molecule has 2 aromatic rings. The summed E-state index contributed by atoms with van der Waals surface area (Å²) in [6.45, 7) is 1.01. The molecule has 0 spiro atoms. The predicted octanol–water partition coefficient (Wildman–Crippen LogP) is 1.94. The zero-order chi connectivity index (χ0) is 22.1. The molecular weight excluding hydrogens is 407 g/mol. The highest BCUT2D eigenvalue weighted by molar-refractivity contribution is 5.98. The molecule has 2 fully saturated rings. The number of likely N-dealkylation sites (tertiary alicyclic amines) is 1. The number of nitriles is 1. The fourth-order valence-corrected chi connectivity index (χ4v) is 4.21. The molecule has 162 valence electrons. The predicted molar refractivity (Wildman–Crippen MR) is 106 cm³/mol. The first kappa shape index (κ1) is 20.6. The number of benzene rings is 1. The van der Waals surface area contributed by atoms with Gasteiger partial charge < -0.3 is 25.8 Å². The van der Waals surface area contributed by atoms with Crippen LogP contribution < -0.4 is 11.1 Å². The summed E-state index contributed by atoms with van der Waals surface area (Å²) < 4.78 is 19.9. The molecule has 0 bridgehead atoms. The quantitative estimate of drug-likeness (QED) is 0.659. The van der Waals surface area contributed by atoms with Crippen LogP contribution in [0.15, 0.2) is 30.5 Å². The normalized spacial score (nSPS) is 23.6. The van der Waals surface area contributed by atoms with E-state index in [9.17, 15) is 24.3 Å². The van der Waals surface area contributed by atoms with E-state index in [1.54, 1.807) is 0 Å². The van der Waals surface area contributed by atoms with E-state index in [0.29, 0.717) is 25.3 Å². The largest absolute Gasteiger partial charge is 0.465 e. The minimum atomic E-state index is -1.08. The molecule has 2 aliphatic heterocycles. The monoisotopic (exact) mass is 428 g/mol. The molecule has 0 radical (unpaired) electrons. The Labute approximate surface area is 177 Å². The van der Waals surface area contributed by atoms with Crippen LogP contribution in [0, 0.1) is 29.0 Å². The summed E-state index contributed by atoms with van der Waals surface area (Å²) in [5.74, 6) is -1.69. The van der Waals surface area contributed by atoms with Crippen molar-refractivity contribution in [3.63, 3.8) is 0 Å². The summed E-state index contributed by atoms with van der Waals surface area (Å²) in [5, 5.41) is 26.9. The molecular formula is C20H21FN6O4. The van der Waals surface area contributed by atoms with Gasteiger partial charge in [-0.25, -0.2) is 9.18 Å². The molecule has 2 aliphatic rings. The van der Waals surface area contributed by atoms with Crippen LogP contribution >= 0.6 is 0 Å². The maximum absolute atomic E-state index is 13.2. The first-order valence-electron chi connectivity index (χ1n) is 9.77. The van der Waals surface area contributed by atoms with E-state index in [1.807, 2.05) is 0 Å². The van der Waals surface area contributed by atoms with Crippen LogP contribution in [0.2, 0.25) is 0 Å². The van der Waals surface area contributed by atoms with Crippen molar-refractivity contribution in [3.05, 3.63) is 41.8 Å². The minimum Gasteiger partial charge on any atom is -0.465 e. The maximum Gasteiger partial charge on any atom is 0.407 e. The number of aromatic nitrogens is 2. The molecule has 1 unspecified atom stereocenters. The van der Waals surface area contributed by atoms with Crippen LogP contribution in [-0.4, -0.2) is 57.6 Å². The van der Waals surface area contributed by atoms with Crippen molar-refractivity contribution in [1.82, 2.24) is 14.7 Å². The van der Waals surface area contributed by atoms with Gasteiger partial charge in [0.2, 0.25) is 0 Å². The van der Waals surface area contributed by atoms with Gasteiger partial charge in [0.05, 0.1) is 37.3 Å². The zero-order valence-corrected chi connectivity index (χ0v) is 16.4.